The van der Waals surface area contributed by atoms with Gasteiger partial charge in [0.15, 0.2) is 0 Å². The lowest BCUT2D eigenvalue weighted by atomic mass is 10.0. The summed E-state index contributed by atoms with van der Waals surface area (Å²) in [5.41, 5.74) is 10.2. The summed E-state index contributed by atoms with van der Waals surface area (Å²) in [7, 11) is 0. The second-order valence-corrected chi connectivity index (χ2v) is 12.1. The highest BCUT2D eigenvalue weighted by Gasteiger charge is 2.34. The van der Waals surface area contributed by atoms with E-state index in [0.717, 1.165) is 68.5 Å². The minimum absolute atomic E-state index is 0.319. The van der Waals surface area contributed by atoms with Crippen molar-refractivity contribution in [3.63, 3.8) is 0 Å². The van der Waals surface area contributed by atoms with Crippen LogP contribution in [0.15, 0.2) is 72.8 Å². The maximum absolute atomic E-state index is 11.3. The van der Waals surface area contributed by atoms with E-state index in [-0.39, 0.29) is 0 Å². The summed E-state index contributed by atoms with van der Waals surface area (Å²) in [6.45, 7) is 10.2. The molecule has 7 heteroatoms. The Morgan fingerprint density at radius 3 is 2.15 bits per heavy atom. The van der Waals surface area contributed by atoms with Crippen LogP contribution in [-0.4, -0.2) is 81.5 Å². The van der Waals surface area contributed by atoms with E-state index in [1.807, 2.05) is 12.1 Å². The van der Waals surface area contributed by atoms with Gasteiger partial charge in [-0.1, -0.05) is 79.2 Å². The average molecular weight is 568 g/mol. The second-order valence-electron chi connectivity index (χ2n) is 11.6. The molecule has 1 fully saturated rings. The first-order chi connectivity index (χ1) is 20.1. The maximum atomic E-state index is 11.3. The van der Waals surface area contributed by atoms with Crippen molar-refractivity contribution >= 4 is 11.6 Å². The van der Waals surface area contributed by atoms with Crippen molar-refractivity contribution in [2.75, 3.05) is 45.8 Å². The van der Waals surface area contributed by atoms with Crippen molar-refractivity contribution in [3.05, 3.63) is 100 Å². The molecule has 1 N–H and O–H groups in total. The van der Waals surface area contributed by atoms with Crippen LogP contribution in [0.3, 0.4) is 0 Å². The van der Waals surface area contributed by atoms with Gasteiger partial charge in [0.25, 0.3) is 0 Å². The van der Waals surface area contributed by atoms with Gasteiger partial charge < -0.3 is 5.11 Å². The third-order valence-electron chi connectivity index (χ3n) is 9.20. The van der Waals surface area contributed by atoms with Gasteiger partial charge in [0.05, 0.1) is 24.4 Å². The Bertz CT molecular complexity index is 1480. The SMILES string of the molecule is CCN1CCc2c(c(-c3ccc(Cl)cc3)nn2CC(O)CN2CCN(C3c4ccccc4-c4ccccc43)CC2)C1. The predicted molar refractivity (Wildman–Crippen MR) is 165 cm³/mol. The van der Waals surface area contributed by atoms with Crippen LogP contribution < -0.4 is 0 Å². The number of piperazine rings is 1. The van der Waals surface area contributed by atoms with Crippen molar-refractivity contribution < 1.29 is 5.11 Å². The molecule has 41 heavy (non-hydrogen) atoms. The Balaban J connectivity index is 1.03. The lowest BCUT2D eigenvalue weighted by Gasteiger charge is -2.39. The largest absolute Gasteiger partial charge is 0.390 e. The molecule has 212 valence electrons. The van der Waals surface area contributed by atoms with Gasteiger partial charge in [0, 0.05) is 74.1 Å². The fourth-order valence-electron chi connectivity index (χ4n) is 7.09. The van der Waals surface area contributed by atoms with Crippen molar-refractivity contribution in [3.8, 4) is 22.4 Å². The van der Waals surface area contributed by atoms with Gasteiger partial charge in [-0.05, 0) is 40.9 Å². The van der Waals surface area contributed by atoms with Crippen LogP contribution >= 0.6 is 11.6 Å². The van der Waals surface area contributed by atoms with Crippen molar-refractivity contribution in [2.45, 2.75) is 38.6 Å². The summed E-state index contributed by atoms with van der Waals surface area (Å²) in [6.07, 6.45) is 0.486. The van der Waals surface area contributed by atoms with Gasteiger partial charge in [-0.2, -0.15) is 5.10 Å². The fraction of sp³-hybridized carbons (Fsp3) is 0.382. The Labute approximate surface area is 247 Å². The molecular formula is C34H38ClN5O. The maximum Gasteiger partial charge on any atom is 0.0971 e. The van der Waals surface area contributed by atoms with Gasteiger partial charge >= 0.3 is 0 Å². The standard InChI is InChI=1S/C34H38ClN5O/c1-2-37-16-15-32-31(23-37)33(24-11-13-25(35)14-12-24)36-40(32)22-26(41)21-38-17-19-39(20-18-38)34-29-9-5-3-7-27(29)28-8-4-6-10-30(28)34/h3-14,26,34,41H,2,15-23H2,1H3. The topological polar surface area (TPSA) is 47.8 Å². The van der Waals surface area contributed by atoms with Gasteiger partial charge in [-0.15, -0.1) is 0 Å². The summed E-state index contributed by atoms with van der Waals surface area (Å²) in [5.74, 6) is 0. The number of aromatic nitrogens is 2. The van der Waals surface area contributed by atoms with Gasteiger partial charge in [-0.3, -0.25) is 19.4 Å². The lowest BCUT2D eigenvalue weighted by Crippen LogP contribution is -2.49. The van der Waals surface area contributed by atoms with E-state index in [4.69, 9.17) is 16.7 Å². The number of hydrogen-bond donors (Lipinski definition) is 1. The first-order valence-electron chi connectivity index (χ1n) is 15.0. The minimum Gasteiger partial charge on any atom is -0.390 e. The summed E-state index contributed by atoms with van der Waals surface area (Å²) >= 11 is 6.17. The molecule has 1 aromatic heterocycles. The zero-order chi connectivity index (χ0) is 27.9. The molecule has 2 aliphatic heterocycles. The molecule has 6 nitrogen and oxygen atoms in total. The first-order valence-corrected chi connectivity index (χ1v) is 15.4. The molecule has 1 aliphatic carbocycles. The van der Waals surface area contributed by atoms with Crippen molar-refractivity contribution in [1.29, 1.82) is 0 Å². The molecule has 3 heterocycles. The van der Waals surface area contributed by atoms with E-state index in [1.165, 1.54) is 33.5 Å². The smallest absolute Gasteiger partial charge is 0.0971 e. The van der Waals surface area contributed by atoms with Crippen LogP contribution in [0.25, 0.3) is 22.4 Å². The Hall–Kier alpha value is -3.00. The number of benzene rings is 3. The van der Waals surface area contributed by atoms with E-state index in [2.05, 4.69) is 87.0 Å². The quantitative estimate of drug-likeness (QED) is 0.327. The van der Waals surface area contributed by atoms with Crippen LogP contribution in [-0.2, 0) is 19.5 Å². The average Bonchev–Trinajstić information content (AvgIpc) is 3.53. The third-order valence-corrected chi connectivity index (χ3v) is 9.46. The number of rotatable bonds is 7. The second kappa shape index (κ2) is 11.3. The van der Waals surface area contributed by atoms with E-state index in [1.54, 1.807) is 0 Å². The zero-order valence-electron chi connectivity index (χ0n) is 23.7. The zero-order valence-corrected chi connectivity index (χ0v) is 24.5. The number of aliphatic hydroxyl groups excluding tert-OH is 1. The van der Waals surface area contributed by atoms with Crippen LogP contribution in [0.4, 0.5) is 0 Å². The molecule has 1 unspecified atom stereocenters. The van der Waals surface area contributed by atoms with Crippen LogP contribution in [0.1, 0.15) is 35.3 Å². The first kappa shape index (κ1) is 26.9. The molecule has 7 rings (SSSR count). The summed E-state index contributed by atoms with van der Waals surface area (Å²) in [4.78, 5) is 7.50. The molecule has 0 saturated carbocycles. The highest BCUT2D eigenvalue weighted by atomic mass is 35.5. The normalized spacial score (nSPS) is 18.7. The monoisotopic (exact) mass is 567 g/mol. The van der Waals surface area contributed by atoms with Crippen LogP contribution in [0, 0.1) is 0 Å². The highest BCUT2D eigenvalue weighted by molar-refractivity contribution is 6.30. The van der Waals surface area contributed by atoms with Crippen molar-refractivity contribution in [2.24, 2.45) is 0 Å². The number of halogens is 1. The number of hydrogen-bond acceptors (Lipinski definition) is 5. The van der Waals surface area contributed by atoms with E-state index < -0.39 is 6.10 Å². The number of aliphatic hydroxyl groups is 1. The molecule has 0 radical (unpaired) electrons. The van der Waals surface area contributed by atoms with Gasteiger partial charge in [0.1, 0.15) is 0 Å². The van der Waals surface area contributed by atoms with Gasteiger partial charge in [0.2, 0.25) is 0 Å². The minimum atomic E-state index is -0.472. The van der Waals surface area contributed by atoms with E-state index in [0.29, 0.717) is 19.1 Å². The lowest BCUT2D eigenvalue weighted by molar-refractivity contribution is 0.0541. The van der Waals surface area contributed by atoms with Crippen LogP contribution in [0.2, 0.25) is 5.02 Å². The highest BCUT2D eigenvalue weighted by Crippen LogP contribution is 2.46. The third kappa shape index (κ3) is 5.13. The number of fused-ring (bicyclic) bond motifs is 4. The Morgan fingerprint density at radius 1 is 0.829 bits per heavy atom. The van der Waals surface area contributed by atoms with Crippen LogP contribution in [0.5, 0.6) is 0 Å². The summed E-state index contributed by atoms with van der Waals surface area (Å²) < 4.78 is 2.08. The Morgan fingerprint density at radius 2 is 1.49 bits per heavy atom. The molecule has 1 atom stereocenters. The molecule has 4 aromatic rings. The number of nitrogens with zero attached hydrogens (tertiary/aromatic N) is 5. The molecule has 1 saturated heterocycles. The number of likely N-dealkylation sites (N-methyl/N-ethyl adjacent to an activating group) is 1. The Kier molecular flexibility index (Phi) is 7.44. The van der Waals surface area contributed by atoms with Gasteiger partial charge in [-0.25, -0.2) is 0 Å². The molecule has 0 spiro atoms. The summed E-state index contributed by atoms with van der Waals surface area (Å²) in [5, 5.41) is 17.1. The van der Waals surface area contributed by atoms with E-state index in [9.17, 15) is 5.11 Å². The molecule has 0 bridgehead atoms. The number of β-amino-alcohol motifs (C(OH)–C–C–N with tert-alkyl or cyclic N) is 1. The fourth-order valence-corrected chi connectivity index (χ4v) is 7.22. The summed E-state index contributed by atoms with van der Waals surface area (Å²) in [6, 6.07) is 26.0. The molecule has 0 amide bonds. The predicted octanol–water partition coefficient (Wildman–Crippen LogP) is 5.33. The molecule has 3 aliphatic rings. The van der Waals surface area contributed by atoms with E-state index >= 15 is 0 Å². The van der Waals surface area contributed by atoms with Crippen molar-refractivity contribution in [1.82, 2.24) is 24.5 Å². The molecular weight excluding hydrogens is 530 g/mol. The molecule has 3 aromatic carbocycles.